The molecule has 0 radical (unpaired) electrons. The quantitative estimate of drug-likeness (QED) is 0.861. The fourth-order valence-corrected chi connectivity index (χ4v) is 2.59. The first kappa shape index (κ1) is 13.0. The van der Waals surface area contributed by atoms with Crippen LogP contribution in [0.4, 0.5) is 0 Å². The van der Waals surface area contributed by atoms with E-state index in [2.05, 4.69) is 5.16 Å². The van der Waals surface area contributed by atoms with Crippen LogP contribution >= 0.6 is 0 Å². The van der Waals surface area contributed by atoms with Gasteiger partial charge in [-0.1, -0.05) is 19.0 Å². The summed E-state index contributed by atoms with van der Waals surface area (Å²) < 4.78 is 10.6. The molecule has 0 aromatic carbocycles. The third-order valence-electron chi connectivity index (χ3n) is 3.72. The number of amides is 1. The molecule has 0 bridgehead atoms. The Balaban J connectivity index is 1.82. The third-order valence-corrected chi connectivity index (χ3v) is 3.72. The standard InChI is InChI=1S/C15H18N2O3/c1-10(2)11-9-14(20-16-11)15(18)17-7-3-5-12(17)13-6-4-8-19-13/h4,6,8-10,12H,3,5,7H2,1-2H3. The Bertz CT molecular complexity index is 586. The predicted octanol–water partition coefficient (Wildman–Crippen LogP) is 3.37. The van der Waals surface area contributed by atoms with Gasteiger partial charge < -0.3 is 13.8 Å². The predicted molar refractivity (Wildman–Crippen MR) is 72.3 cm³/mol. The van der Waals surface area contributed by atoms with Crippen molar-refractivity contribution in [3.05, 3.63) is 41.7 Å². The van der Waals surface area contributed by atoms with Gasteiger partial charge in [0, 0.05) is 12.6 Å². The highest BCUT2D eigenvalue weighted by Gasteiger charge is 2.34. The van der Waals surface area contributed by atoms with Gasteiger partial charge in [0.1, 0.15) is 5.76 Å². The molecule has 2 aromatic rings. The molecule has 1 amide bonds. The van der Waals surface area contributed by atoms with Crippen LogP contribution in [0.1, 0.15) is 60.7 Å². The minimum absolute atomic E-state index is 0.00472. The van der Waals surface area contributed by atoms with E-state index in [9.17, 15) is 4.79 Å². The highest BCUT2D eigenvalue weighted by molar-refractivity contribution is 5.92. The summed E-state index contributed by atoms with van der Waals surface area (Å²) in [6.07, 6.45) is 3.54. The lowest BCUT2D eigenvalue weighted by molar-refractivity contribution is 0.0677. The van der Waals surface area contributed by atoms with E-state index in [0.29, 0.717) is 5.76 Å². The lowest BCUT2D eigenvalue weighted by Gasteiger charge is -2.21. The first-order valence-corrected chi connectivity index (χ1v) is 6.98. The molecule has 1 aliphatic heterocycles. The summed E-state index contributed by atoms with van der Waals surface area (Å²) in [4.78, 5) is 14.3. The van der Waals surface area contributed by atoms with E-state index in [-0.39, 0.29) is 17.9 Å². The zero-order chi connectivity index (χ0) is 14.1. The first-order chi connectivity index (χ1) is 9.66. The Hall–Kier alpha value is -2.04. The van der Waals surface area contributed by atoms with Crippen molar-refractivity contribution in [3.8, 4) is 0 Å². The molecule has 1 saturated heterocycles. The molecule has 1 fully saturated rings. The van der Waals surface area contributed by atoms with Crippen molar-refractivity contribution in [1.82, 2.24) is 10.1 Å². The maximum atomic E-state index is 12.5. The van der Waals surface area contributed by atoms with Crippen molar-refractivity contribution >= 4 is 5.91 Å². The Kier molecular flexibility index (Phi) is 3.34. The van der Waals surface area contributed by atoms with E-state index in [1.54, 1.807) is 12.3 Å². The van der Waals surface area contributed by atoms with Crippen LogP contribution in [0.5, 0.6) is 0 Å². The molecule has 3 heterocycles. The van der Waals surface area contributed by atoms with Gasteiger partial charge in [-0.25, -0.2) is 0 Å². The summed E-state index contributed by atoms with van der Waals surface area (Å²) in [7, 11) is 0. The number of rotatable bonds is 3. The Labute approximate surface area is 117 Å². The number of carbonyl (C=O) groups excluding carboxylic acids is 1. The molecule has 1 unspecified atom stereocenters. The van der Waals surface area contributed by atoms with Crippen molar-refractivity contribution in [1.29, 1.82) is 0 Å². The number of nitrogens with zero attached hydrogens (tertiary/aromatic N) is 2. The highest BCUT2D eigenvalue weighted by Crippen LogP contribution is 2.33. The van der Waals surface area contributed by atoms with E-state index < -0.39 is 0 Å². The van der Waals surface area contributed by atoms with Crippen LogP contribution in [-0.2, 0) is 0 Å². The molecule has 3 rings (SSSR count). The molecule has 1 aliphatic rings. The molecule has 0 N–H and O–H groups in total. The molecule has 2 aromatic heterocycles. The molecule has 5 nitrogen and oxygen atoms in total. The Morgan fingerprint density at radius 1 is 1.50 bits per heavy atom. The van der Waals surface area contributed by atoms with Gasteiger partial charge in [-0.2, -0.15) is 0 Å². The fourth-order valence-electron chi connectivity index (χ4n) is 2.59. The first-order valence-electron chi connectivity index (χ1n) is 6.98. The second-order valence-corrected chi connectivity index (χ2v) is 5.44. The molecule has 0 aliphatic carbocycles. The van der Waals surface area contributed by atoms with Crippen LogP contribution in [0.2, 0.25) is 0 Å². The molecular weight excluding hydrogens is 256 g/mol. The van der Waals surface area contributed by atoms with Crippen molar-refractivity contribution in [2.75, 3.05) is 6.54 Å². The Morgan fingerprint density at radius 3 is 3.00 bits per heavy atom. The van der Waals surface area contributed by atoms with Crippen molar-refractivity contribution in [2.24, 2.45) is 0 Å². The van der Waals surface area contributed by atoms with E-state index >= 15 is 0 Å². The van der Waals surface area contributed by atoms with E-state index in [1.165, 1.54) is 0 Å². The van der Waals surface area contributed by atoms with Crippen LogP contribution in [0.25, 0.3) is 0 Å². The van der Waals surface area contributed by atoms with Crippen LogP contribution in [0, 0.1) is 0 Å². The number of hydrogen-bond donors (Lipinski definition) is 0. The molecule has 106 valence electrons. The smallest absolute Gasteiger partial charge is 0.293 e. The van der Waals surface area contributed by atoms with Crippen LogP contribution in [0.3, 0.4) is 0 Å². The van der Waals surface area contributed by atoms with Gasteiger partial charge in [-0.05, 0) is 30.9 Å². The van der Waals surface area contributed by atoms with Gasteiger partial charge in [0.25, 0.3) is 5.91 Å². The van der Waals surface area contributed by atoms with Gasteiger partial charge in [0.15, 0.2) is 0 Å². The van der Waals surface area contributed by atoms with E-state index in [0.717, 1.165) is 30.8 Å². The lowest BCUT2D eigenvalue weighted by Crippen LogP contribution is -2.30. The summed E-state index contributed by atoms with van der Waals surface area (Å²) in [6.45, 7) is 4.77. The normalized spacial score (nSPS) is 18.9. The summed E-state index contributed by atoms with van der Waals surface area (Å²) in [5.74, 6) is 1.29. The van der Waals surface area contributed by atoms with Gasteiger partial charge in [0.2, 0.25) is 5.76 Å². The van der Waals surface area contributed by atoms with Gasteiger partial charge in [-0.3, -0.25) is 4.79 Å². The van der Waals surface area contributed by atoms with Crippen molar-refractivity contribution in [3.63, 3.8) is 0 Å². The van der Waals surface area contributed by atoms with Crippen LogP contribution in [-0.4, -0.2) is 22.5 Å². The Morgan fingerprint density at radius 2 is 2.35 bits per heavy atom. The molecule has 0 spiro atoms. The second-order valence-electron chi connectivity index (χ2n) is 5.44. The lowest BCUT2D eigenvalue weighted by atomic mass is 10.1. The summed E-state index contributed by atoms with van der Waals surface area (Å²) in [5.41, 5.74) is 0.807. The average molecular weight is 274 g/mol. The molecule has 0 saturated carbocycles. The summed E-state index contributed by atoms with van der Waals surface area (Å²) in [6, 6.07) is 5.51. The van der Waals surface area contributed by atoms with Crippen molar-refractivity contribution < 1.29 is 13.7 Å². The number of likely N-dealkylation sites (tertiary alicyclic amines) is 1. The highest BCUT2D eigenvalue weighted by atomic mass is 16.5. The average Bonchev–Trinajstić information content (AvgIpc) is 3.17. The van der Waals surface area contributed by atoms with E-state index in [1.807, 2.05) is 30.9 Å². The minimum atomic E-state index is -0.108. The molecular formula is C15H18N2O3. The fraction of sp³-hybridized carbons (Fsp3) is 0.467. The second kappa shape index (κ2) is 5.15. The zero-order valence-electron chi connectivity index (χ0n) is 11.7. The minimum Gasteiger partial charge on any atom is -0.467 e. The zero-order valence-corrected chi connectivity index (χ0v) is 11.7. The van der Waals surface area contributed by atoms with Crippen molar-refractivity contribution in [2.45, 2.75) is 38.6 Å². The van der Waals surface area contributed by atoms with Gasteiger partial charge in [-0.15, -0.1) is 0 Å². The van der Waals surface area contributed by atoms with Gasteiger partial charge in [0.05, 0.1) is 18.0 Å². The van der Waals surface area contributed by atoms with E-state index in [4.69, 9.17) is 8.94 Å². The van der Waals surface area contributed by atoms with Crippen LogP contribution in [0.15, 0.2) is 33.4 Å². The maximum Gasteiger partial charge on any atom is 0.293 e. The number of hydrogen-bond acceptors (Lipinski definition) is 4. The monoisotopic (exact) mass is 274 g/mol. The number of carbonyl (C=O) groups is 1. The number of aromatic nitrogens is 1. The van der Waals surface area contributed by atoms with Crippen LogP contribution < -0.4 is 0 Å². The summed E-state index contributed by atoms with van der Waals surface area (Å²) in [5, 5.41) is 3.95. The maximum absolute atomic E-state index is 12.5. The third kappa shape index (κ3) is 2.24. The molecule has 20 heavy (non-hydrogen) atoms. The number of furan rings is 1. The molecule has 5 heteroatoms. The molecule has 1 atom stereocenters. The SMILES string of the molecule is CC(C)c1cc(C(=O)N2CCCC2c2ccco2)on1. The van der Waals surface area contributed by atoms with Gasteiger partial charge >= 0.3 is 0 Å². The topological polar surface area (TPSA) is 59.5 Å². The largest absolute Gasteiger partial charge is 0.467 e. The summed E-state index contributed by atoms with van der Waals surface area (Å²) >= 11 is 0.